The van der Waals surface area contributed by atoms with Crippen LogP contribution in [0.1, 0.15) is 45.1 Å². The van der Waals surface area contributed by atoms with E-state index < -0.39 is 9.84 Å². The average molecular weight is 295 g/mol. The molecule has 1 aromatic rings. The number of hydrogen-bond acceptors (Lipinski definition) is 3. The lowest BCUT2D eigenvalue weighted by Gasteiger charge is -2.35. The van der Waals surface area contributed by atoms with E-state index in [0.29, 0.717) is 16.4 Å². The molecule has 20 heavy (non-hydrogen) atoms. The summed E-state index contributed by atoms with van der Waals surface area (Å²) in [6, 6.07) is 5.78. The van der Waals surface area contributed by atoms with Crippen LogP contribution in [0.4, 0.5) is 5.69 Å². The van der Waals surface area contributed by atoms with Gasteiger partial charge in [-0.15, -0.1) is 0 Å². The first kappa shape index (κ1) is 15.4. The van der Waals surface area contributed by atoms with Gasteiger partial charge in [0.25, 0.3) is 0 Å². The topological polar surface area (TPSA) is 46.2 Å². The van der Waals surface area contributed by atoms with E-state index in [4.69, 9.17) is 0 Å². The number of aryl methyl sites for hydroxylation is 1. The zero-order valence-electron chi connectivity index (χ0n) is 12.9. The molecule has 0 saturated heterocycles. The fourth-order valence-electron chi connectivity index (χ4n) is 2.75. The Morgan fingerprint density at radius 1 is 1.20 bits per heavy atom. The third kappa shape index (κ3) is 3.75. The van der Waals surface area contributed by atoms with Crippen molar-refractivity contribution in [3.63, 3.8) is 0 Å². The molecule has 1 aliphatic rings. The molecule has 0 spiro atoms. The molecule has 0 aromatic heterocycles. The number of hydrogen-bond donors (Lipinski definition) is 1. The van der Waals surface area contributed by atoms with Gasteiger partial charge in [0.2, 0.25) is 0 Å². The van der Waals surface area contributed by atoms with Gasteiger partial charge in [0, 0.05) is 18.0 Å². The Labute approximate surface area is 122 Å². The molecule has 1 fully saturated rings. The van der Waals surface area contributed by atoms with Crippen molar-refractivity contribution in [1.82, 2.24) is 0 Å². The summed E-state index contributed by atoms with van der Waals surface area (Å²) >= 11 is 0. The lowest BCUT2D eigenvalue weighted by atomic mass is 9.75. The maximum atomic E-state index is 11.6. The van der Waals surface area contributed by atoms with Crippen LogP contribution in [0.2, 0.25) is 0 Å². The molecular weight excluding hydrogens is 270 g/mol. The first-order valence-electron chi connectivity index (χ1n) is 7.25. The molecule has 1 aromatic carbocycles. The molecule has 0 bridgehead atoms. The monoisotopic (exact) mass is 295 g/mol. The molecule has 0 heterocycles. The van der Waals surface area contributed by atoms with Crippen molar-refractivity contribution in [3.05, 3.63) is 23.8 Å². The Hall–Kier alpha value is -1.03. The molecule has 1 aliphatic carbocycles. The van der Waals surface area contributed by atoms with Gasteiger partial charge in [-0.05, 0) is 55.7 Å². The average Bonchev–Trinajstić information content (AvgIpc) is 2.33. The van der Waals surface area contributed by atoms with E-state index in [2.05, 4.69) is 19.2 Å². The molecule has 1 N–H and O–H groups in total. The molecule has 0 unspecified atom stereocenters. The molecule has 0 atom stereocenters. The summed E-state index contributed by atoms with van der Waals surface area (Å²) in [5, 5.41) is 3.53. The Kier molecular flexibility index (Phi) is 4.14. The number of benzene rings is 1. The standard InChI is InChI=1S/C16H25NO2S/c1-12-5-6-14(20(4,18)19)11-15(12)17-13-7-9-16(2,3)10-8-13/h5-6,11,13,17H,7-10H2,1-4H3. The van der Waals surface area contributed by atoms with E-state index >= 15 is 0 Å². The van der Waals surface area contributed by atoms with E-state index in [0.717, 1.165) is 24.1 Å². The predicted octanol–water partition coefficient (Wildman–Crippen LogP) is 3.78. The van der Waals surface area contributed by atoms with Gasteiger partial charge in [0.1, 0.15) is 0 Å². The van der Waals surface area contributed by atoms with Crippen LogP contribution < -0.4 is 5.32 Å². The second-order valence-electron chi connectivity index (χ2n) is 6.83. The summed E-state index contributed by atoms with van der Waals surface area (Å²) in [4.78, 5) is 0.390. The minimum atomic E-state index is -3.14. The number of nitrogens with one attached hydrogen (secondary N) is 1. The Balaban J connectivity index is 2.14. The summed E-state index contributed by atoms with van der Waals surface area (Å²) < 4.78 is 23.3. The van der Waals surface area contributed by atoms with Crippen molar-refractivity contribution in [3.8, 4) is 0 Å². The SMILES string of the molecule is Cc1ccc(S(C)(=O)=O)cc1NC1CCC(C)(C)CC1. The van der Waals surface area contributed by atoms with E-state index in [-0.39, 0.29) is 0 Å². The van der Waals surface area contributed by atoms with Gasteiger partial charge in [-0.25, -0.2) is 8.42 Å². The number of anilines is 1. The Morgan fingerprint density at radius 2 is 1.80 bits per heavy atom. The minimum Gasteiger partial charge on any atom is -0.382 e. The van der Waals surface area contributed by atoms with Crippen LogP contribution in [0.3, 0.4) is 0 Å². The normalized spacial score (nSPS) is 19.8. The predicted molar refractivity (Wildman–Crippen MR) is 83.9 cm³/mol. The van der Waals surface area contributed by atoms with Gasteiger partial charge < -0.3 is 5.32 Å². The van der Waals surface area contributed by atoms with Gasteiger partial charge in [-0.3, -0.25) is 0 Å². The fraction of sp³-hybridized carbons (Fsp3) is 0.625. The zero-order chi connectivity index (χ0) is 15.0. The summed E-state index contributed by atoms with van der Waals surface area (Å²) in [5.74, 6) is 0. The molecule has 2 rings (SSSR count). The van der Waals surface area contributed by atoms with E-state index in [1.165, 1.54) is 19.1 Å². The molecule has 112 valence electrons. The largest absolute Gasteiger partial charge is 0.382 e. The summed E-state index contributed by atoms with van der Waals surface area (Å²) in [5.41, 5.74) is 2.50. The number of rotatable bonds is 3. The molecular formula is C16H25NO2S. The van der Waals surface area contributed by atoms with Crippen LogP contribution in [-0.2, 0) is 9.84 Å². The van der Waals surface area contributed by atoms with Crippen molar-refractivity contribution in [2.45, 2.75) is 57.4 Å². The second kappa shape index (κ2) is 5.40. The zero-order valence-corrected chi connectivity index (χ0v) is 13.7. The first-order chi connectivity index (χ1) is 9.17. The Morgan fingerprint density at radius 3 is 2.35 bits per heavy atom. The quantitative estimate of drug-likeness (QED) is 0.923. The summed E-state index contributed by atoms with van der Waals surface area (Å²) in [7, 11) is -3.14. The van der Waals surface area contributed by atoms with Crippen LogP contribution in [-0.4, -0.2) is 20.7 Å². The smallest absolute Gasteiger partial charge is 0.175 e. The van der Waals surface area contributed by atoms with Crippen molar-refractivity contribution < 1.29 is 8.42 Å². The third-order valence-electron chi connectivity index (χ3n) is 4.34. The highest BCUT2D eigenvalue weighted by molar-refractivity contribution is 7.90. The fourth-order valence-corrected chi connectivity index (χ4v) is 3.40. The molecule has 1 saturated carbocycles. The summed E-state index contributed by atoms with van der Waals surface area (Å²) in [6.45, 7) is 6.65. The van der Waals surface area contributed by atoms with Gasteiger partial charge in [0.15, 0.2) is 9.84 Å². The van der Waals surface area contributed by atoms with Crippen molar-refractivity contribution in [2.75, 3.05) is 11.6 Å². The van der Waals surface area contributed by atoms with Crippen molar-refractivity contribution in [1.29, 1.82) is 0 Å². The van der Waals surface area contributed by atoms with Crippen LogP contribution in [0.15, 0.2) is 23.1 Å². The highest BCUT2D eigenvalue weighted by atomic mass is 32.2. The highest BCUT2D eigenvalue weighted by Gasteiger charge is 2.26. The van der Waals surface area contributed by atoms with Crippen molar-refractivity contribution in [2.24, 2.45) is 5.41 Å². The third-order valence-corrected chi connectivity index (χ3v) is 5.45. The number of sulfone groups is 1. The van der Waals surface area contributed by atoms with Crippen LogP contribution in [0.5, 0.6) is 0 Å². The van der Waals surface area contributed by atoms with Gasteiger partial charge >= 0.3 is 0 Å². The van der Waals surface area contributed by atoms with Crippen molar-refractivity contribution >= 4 is 15.5 Å². The van der Waals surface area contributed by atoms with Crippen LogP contribution in [0.25, 0.3) is 0 Å². The van der Waals surface area contributed by atoms with Gasteiger partial charge in [-0.1, -0.05) is 19.9 Å². The van der Waals surface area contributed by atoms with E-state index in [1.54, 1.807) is 12.1 Å². The lowest BCUT2D eigenvalue weighted by molar-refractivity contribution is 0.232. The van der Waals surface area contributed by atoms with E-state index in [9.17, 15) is 8.42 Å². The molecule has 0 radical (unpaired) electrons. The summed E-state index contributed by atoms with van der Waals surface area (Å²) in [6.07, 6.45) is 5.99. The Bertz CT molecular complexity index is 580. The second-order valence-corrected chi connectivity index (χ2v) is 8.85. The highest BCUT2D eigenvalue weighted by Crippen LogP contribution is 2.36. The molecule has 0 amide bonds. The van der Waals surface area contributed by atoms with Gasteiger partial charge in [0.05, 0.1) is 4.90 Å². The maximum Gasteiger partial charge on any atom is 0.175 e. The minimum absolute atomic E-state index is 0.390. The molecule has 3 nitrogen and oxygen atoms in total. The maximum absolute atomic E-state index is 11.6. The van der Waals surface area contributed by atoms with Crippen LogP contribution >= 0.6 is 0 Å². The molecule has 0 aliphatic heterocycles. The molecule has 4 heteroatoms. The van der Waals surface area contributed by atoms with E-state index in [1.807, 2.05) is 13.0 Å². The van der Waals surface area contributed by atoms with Gasteiger partial charge in [-0.2, -0.15) is 0 Å². The first-order valence-corrected chi connectivity index (χ1v) is 9.14. The van der Waals surface area contributed by atoms with Crippen LogP contribution in [0, 0.1) is 12.3 Å². The lowest BCUT2D eigenvalue weighted by Crippen LogP contribution is -2.30.